The number of imide groups is 1. The first-order valence-electron chi connectivity index (χ1n) is 6.29. The van der Waals surface area contributed by atoms with Gasteiger partial charge < -0.3 is 10.8 Å². The number of amidine groups is 1. The van der Waals surface area contributed by atoms with Gasteiger partial charge in [0.2, 0.25) is 17.8 Å². The van der Waals surface area contributed by atoms with Crippen molar-refractivity contribution in [3.63, 3.8) is 0 Å². The second-order valence-electron chi connectivity index (χ2n) is 4.69. The van der Waals surface area contributed by atoms with E-state index in [1.165, 1.54) is 11.9 Å². The third-order valence-corrected chi connectivity index (χ3v) is 3.26. The van der Waals surface area contributed by atoms with Gasteiger partial charge in [0.15, 0.2) is 0 Å². The molecule has 0 aromatic heterocycles. The highest BCUT2D eigenvalue weighted by molar-refractivity contribution is 6.23. The number of rotatable bonds is 4. The number of carbonyl (C=O) groups excluding carboxylic acids is 3. The van der Waals surface area contributed by atoms with Gasteiger partial charge in [-0.15, -0.1) is 0 Å². The predicted octanol–water partition coefficient (Wildman–Crippen LogP) is -3.27. The first kappa shape index (κ1) is 14.9. The summed E-state index contributed by atoms with van der Waals surface area (Å²) in [5, 5.41) is 11.7. The van der Waals surface area contributed by atoms with Gasteiger partial charge in [-0.25, -0.2) is 9.37 Å². The van der Waals surface area contributed by atoms with Crippen molar-refractivity contribution in [2.45, 2.75) is 6.04 Å². The minimum Gasteiger partial charge on any atom is -0.393 e. The maximum atomic E-state index is 12.4. The number of nitrogens with zero attached hydrogens (tertiary/aromatic N) is 4. The molecule has 0 aromatic carbocycles. The zero-order chi connectivity index (χ0) is 15.7. The van der Waals surface area contributed by atoms with Crippen molar-refractivity contribution in [1.82, 2.24) is 15.1 Å². The fraction of sp³-hybridized carbons (Fsp3) is 0.545. The van der Waals surface area contributed by atoms with E-state index >= 15 is 0 Å². The molecule has 0 bridgehead atoms. The number of nitrogens with one attached hydrogen (secondary N) is 1. The Morgan fingerprint density at radius 1 is 1.52 bits per heavy atom. The third kappa shape index (κ3) is 2.44. The number of carbonyl (C=O) groups is 3. The van der Waals surface area contributed by atoms with Gasteiger partial charge in [0.1, 0.15) is 6.54 Å². The van der Waals surface area contributed by atoms with Gasteiger partial charge in [0, 0.05) is 7.05 Å². The van der Waals surface area contributed by atoms with E-state index in [1.54, 1.807) is 11.6 Å². The standard InChI is InChI=1S/C11H16N6O4/c1-15-7-8(14-10(15)13-3-4-18)16(2)11(21)17(9(7)20)5-6(12)19/h7,18H,3-5H2,1-2H3,(H2,12,19)/p+1. The molecule has 2 rings (SSSR count). The van der Waals surface area contributed by atoms with Crippen LogP contribution in [0, 0.1) is 0 Å². The van der Waals surface area contributed by atoms with Gasteiger partial charge in [-0.3, -0.25) is 24.7 Å². The topological polar surface area (TPSA) is 131 Å². The Hall–Kier alpha value is -2.49. The van der Waals surface area contributed by atoms with Crippen LogP contribution in [-0.4, -0.2) is 89.0 Å². The van der Waals surface area contributed by atoms with Crippen LogP contribution < -0.4 is 11.1 Å². The predicted molar refractivity (Wildman–Crippen MR) is 71.6 cm³/mol. The van der Waals surface area contributed by atoms with Crippen LogP contribution in [0.3, 0.4) is 0 Å². The lowest BCUT2D eigenvalue weighted by Crippen LogP contribution is -2.63. The number of aliphatic imine (C=N–C) groups is 1. The van der Waals surface area contributed by atoms with Crippen LogP contribution in [0.5, 0.6) is 0 Å². The first-order chi connectivity index (χ1) is 9.88. The minimum atomic E-state index is -0.798. The van der Waals surface area contributed by atoms with E-state index in [9.17, 15) is 14.4 Å². The molecule has 1 atom stereocenters. The van der Waals surface area contributed by atoms with E-state index in [0.29, 0.717) is 5.96 Å². The molecule has 2 heterocycles. The lowest BCUT2D eigenvalue weighted by atomic mass is 10.1. The van der Waals surface area contributed by atoms with Crippen LogP contribution in [0.25, 0.3) is 0 Å². The van der Waals surface area contributed by atoms with Crippen molar-refractivity contribution < 1.29 is 24.1 Å². The molecule has 0 aliphatic carbocycles. The molecule has 114 valence electrons. The fourth-order valence-corrected chi connectivity index (χ4v) is 2.23. The van der Waals surface area contributed by atoms with Crippen LogP contribution in [-0.2, 0) is 9.59 Å². The van der Waals surface area contributed by atoms with Gasteiger partial charge in [-0.2, -0.15) is 0 Å². The summed E-state index contributed by atoms with van der Waals surface area (Å²) in [6, 6.07) is -1.45. The summed E-state index contributed by atoms with van der Waals surface area (Å²) >= 11 is 0. The van der Waals surface area contributed by atoms with Crippen LogP contribution in [0.2, 0.25) is 0 Å². The summed E-state index contributed by atoms with van der Waals surface area (Å²) in [6.45, 7) is -0.303. The Kier molecular flexibility index (Phi) is 3.89. The molecule has 0 saturated carbocycles. The number of nitrogens with two attached hydrogens (primary N) is 1. The van der Waals surface area contributed by atoms with Crippen LogP contribution >= 0.6 is 0 Å². The van der Waals surface area contributed by atoms with Gasteiger partial charge in [-0.1, -0.05) is 4.99 Å². The number of hydrogen-bond donors (Lipinski definition) is 3. The highest BCUT2D eigenvalue weighted by Gasteiger charge is 2.51. The molecule has 1 fully saturated rings. The summed E-state index contributed by atoms with van der Waals surface area (Å²) in [6.07, 6.45) is 0. The second-order valence-corrected chi connectivity index (χ2v) is 4.69. The van der Waals surface area contributed by atoms with Gasteiger partial charge >= 0.3 is 12.0 Å². The molecule has 4 N–H and O–H groups in total. The number of urea groups is 1. The molecule has 2 aliphatic rings. The Bertz CT molecular complexity index is 569. The van der Waals surface area contributed by atoms with E-state index in [-0.39, 0.29) is 19.0 Å². The number of likely N-dealkylation sites (N-methyl/N-ethyl adjacent to an activating group) is 2. The average Bonchev–Trinajstić information content (AvgIpc) is 2.76. The SMILES string of the molecule is CN1C(=O)N(CC(N)=O)C(=O)C2C1=NC(NCCO)=[N+]2C. The fourth-order valence-electron chi connectivity index (χ4n) is 2.23. The van der Waals surface area contributed by atoms with Crippen molar-refractivity contribution >= 4 is 29.6 Å². The molecule has 10 nitrogen and oxygen atoms in total. The first-order valence-corrected chi connectivity index (χ1v) is 6.29. The Labute approximate surface area is 120 Å². The van der Waals surface area contributed by atoms with Crippen molar-refractivity contribution in [2.75, 3.05) is 33.8 Å². The number of guanidine groups is 1. The van der Waals surface area contributed by atoms with Crippen molar-refractivity contribution in [3.05, 3.63) is 0 Å². The van der Waals surface area contributed by atoms with Crippen LogP contribution in [0.1, 0.15) is 0 Å². The quantitative estimate of drug-likeness (QED) is 0.468. The Balaban J connectivity index is 2.33. The summed E-state index contributed by atoms with van der Waals surface area (Å²) in [7, 11) is 3.10. The third-order valence-electron chi connectivity index (χ3n) is 3.26. The number of aliphatic hydroxyl groups is 1. The number of hydrogen-bond acceptors (Lipinski definition) is 6. The Morgan fingerprint density at radius 3 is 2.76 bits per heavy atom. The van der Waals surface area contributed by atoms with E-state index < -0.39 is 30.4 Å². The zero-order valence-electron chi connectivity index (χ0n) is 11.7. The second kappa shape index (κ2) is 5.48. The minimum absolute atomic E-state index is 0.0939. The summed E-state index contributed by atoms with van der Waals surface area (Å²) in [4.78, 5) is 41.7. The van der Waals surface area contributed by atoms with E-state index in [2.05, 4.69) is 10.3 Å². The summed E-state index contributed by atoms with van der Waals surface area (Å²) in [5.74, 6) is -0.681. The number of fused-ring (bicyclic) bond motifs is 1. The molecule has 10 heteroatoms. The zero-order valence-corrected chi connectivity index (χ0v) is 11.7. The maximum absolute atomic E-state index is 12.4. The smallest absolute Gasteiger partial charge is 0.389 e. The van der Waals surface area contributed by atoms with Crippen LogP contribution in [0.15, 0.2) is 4.99 Å². The molecule has 1 unspecified atom stereocenters. The Morgan fingerprint density at radius 2 is 2.19 bits per heavy atom. The molecule has 0 spiro atoms. The van der Waals surface area contributed by atoms with Gasteiger partial charge in [0.25, 0.3) is 5.91 Å². The molecular weight excluding hydrogens is 280 g/mol. The molecule has 1 saturated heterocycles. The summed E-state index contributed by atoms with van der Waals surface area (Å²) in [5.41, 5.74) is 5.07. The monoisotopic (exact) mass is 297 g/mol. The molecule has 2 aliphatic heterocycles. The molecule has 4 amide bonds. The van der Waals surface area contributed by atoms with Crippen molar-refractivity contribution in [3.8, 4) is 0 Å². The molecule has 21 heavy (non-hydrogen) atoms. The highest BCUT2D eigenvalue weighted by Crippen LogP contribution is 2.18. The van der Waals surface area contributed by atoms with Crippen molar-refractivity contribution in [1.29, 1.82) is 0 Å². The van der Waals surface area contributed by atoms with Crippen molar-refractivity contribution in [2.24, 2.45) is 10.7 Å². The molecule has 0 aromatic rings. The number of aliphatic hydroxyl groups excluding tert-OH is 1. The normalized spacial score (nSPS) is 21.7. The number of primary amides is 1. The van der Waals surface area contributed by atoms with E-state index in [1.807, 2.05) is 0 Å². The van der Waals surface area contributed by atoms with E-state index in [4.69, 9.17) is 10.8 Å². The van der Waals surface area contributed by atoms with E-state index in [0.717, 1.165) is 4.90 Å². The maximum Gasteiger partial charge on any atom is 0.389 e. The lowest BCUT2D eigenvalue weighted by Gasteiger charge is -2.32. The van der Waals surface area contributed by atoms with Gasteiger partial charge in [-0.05, 0) is 0 Å². The molecule has 0 radical (unpaired) electrons. The number of amides is 4. The largest absolute Gasteiger partial charge is 0.393 e. The summed E-state index contributed by atoms with van der Waals surface area (Å²) < 4.78 is 1.55. The highest BCUT2D eigenvalue weighted by atomic mass is 16.3. The van der Waals surface area contributed by atoms with Crippen LogP contribution in [0.4, 0.5) is 4.79 Å². The lowest BCUT2D eigenvalue weighted by molar-refractivity contribution is -0.507. The van der Waals surface area contributed by atoms with Gasteiger partial charge in [0.05, 0.1) is 20.2 Å². The average molecular weight is 297 g/mol. The molecular formula is C11H17N6O4+.